The summed E-state index contributed by atoms with van der Waals surface area (Å²) in [5, 5.41) is 12.9. The van der Waals surface area contributed by atoms with Gasteiger partial charge in [0.15, 0.2) is 0 Å². The molecule has 1 atom stereocenters. The number of likely N-dealkylation sites (N-methyl/N-ethyl adjacent to an activating group) is 1. The monoisotopic (exact) mass is 304 g/mol. The fourth-order valence-corrected chi connectivity index (χ4v) is 3.40. The average molecular weight is 304 g/mol. The van der Waals surface area contributed by atoms with Crippen LogP contribution in [0.15, 0.2) is 29.1 Å². The summed E-state index contributed by atoms with van der Waals surface area (Å²) >= 11 is 0. The van der Waals surface area contributed by atoms with Crippen molar-refractivity contribution in [2.45, 2.75) is 25.0 Å². The molecule has 3 N–H and O–H groups in total. The van der Waals surface area contributed by atoms with Gasteiger partial charge in [0.25, 0.3) is 0 Å². The zero-order valence-electron chi connectivity index (χ0n) is 13.0. The van der Waals surface area contributed by atoms with Gasteiger partial charge in [0.2, 0.25) is 0 Å². The van der Waals surface area contributed by atoms with Crippen LogP contribution in [0.2, 0.25) is 0 Å². The van der Waals surface area contributed by atoms with Crippen LogP contribution < -0.4 is 11.0 Å². The molecule has 1 fully saturated rings. The third kappa shape index (κ3) is 3.09. The van der Waals surface area contributed by atoms with Gasteiger partial charge in [-0.3, -0.25) is 4.57 Å². The molecule has 0 amide bonds. The molecular weight excluding hydrogens is 280 g/mol. The minimum Gasteiger partial charge on any atom is -0.390 e. The van der Waals surface area contributed by atoms with Crippen molar-refractivity contribution in [1.82, 2.24) is 19.8 Å². The Morgan fingerprint density at radius 2 is 2.09 bits per heavy atom. The number of benzene rings is 1. The summed E-state index contributed by atoms with van der Waals surface area (Å²) in [6.07, 6.45) is 1.54. The van der Waals surface area contributed by atoms with Crippen molar-refractivity contribution in [2.24, 2.45) is 0 Å². The highest BCUT2D eigenvalue weighted by atomic mass is 16.3. The number of aliphatic hydroxyl groups is 1. The Morgan fingerprint density at radius 3 is 2.82 bits per heavy atom. The van der Waals surface area contributed by atoms with Crippen molar-refractivity contribution >= 4 is 11.0 Å². The molecular formula is C16H24N4O2. The van der Waals surface area contributed by atoms with Gasteiger partial charge in [-0.15, -0.1) is 0 Å². The first kappa shape index (κ1) is 15.3. The first-order valence-electron chi connectivity index (χ1n) is 7.93. The molecule has 22 heavy (non-hydrogen) atoms. The Bertz CT molecular complexity index is 670. The van der Waals surface area contributed by atoms with Gasteiger partial charge in [-0.25, -0.2) is 4.79 Å². The molecule has 0 spiro atoms. The van der Waals surface area contributed by atoms with Crippen molar-refractivity contribution in [2.75, 3.05) is 33.2 Å². The van der Waals surface area contributed by atoms with Crippen LogP contribution in [0.3, 0.4) is 0 Å². The van der Waals surface area contributed by atoms with Gasteiger partial charge in [-0.05, 0) is 32.0 Å². The average Bonchev–Trinajstić information content (AvgIpc) is 2.84. The zero-order valence-corrected chi connectivity index (χ0v) is 13.0. The van der Waals surface area contributed by atoms with Gasteiger partial charge in [-0.1, -0.05) is 12.1 Å². The predicted octanol–water partition coefficient (Wildman–Crippen LogP) is 0.547. The molecule has 1 unspecified atom stereocenters. The number of para-hydroxylation sites is 2. The molecule has 0 radical (unpaired) electrons. The molecule has 1 aliphatic rings. The van der Waals surface area contributed by atoms with E-state index in [1.807, 2.05) is 35.9 Å². The number of H-pyrrole nitrogens is 1. The lowest BCUT2D eigenvalue weighted by atomic mass is 10.0. The van der Waals surface area contributed by atoms with Gasteiger partial charge in [0.1, 0.15) is 0 Å². The van der Waals surface area contributed by atoms with Crippen molar-refractivity contribution in [1.29, 1.82) is 0 Å². The lowest BCUT2D eigenvalue weighted by molar-refractivity contribution is 0.0913. The molecule has 2 heterocycles. The lowest BCUT2D eigenvalue weighted by Crippen LogP contribution is -2.42. The minimum absolute atomic E-state index is 0.0186. The Hall–Kier alpha value is -1.63. The van der Waals surface area contributed by atoms with E-state index in [1.165, 1.54) is 0 Å². The number of hydrogen-bond acceptors (Lipinski definition) is 4. The number of rotatable bonds is 5. The first-order valence-corrected chi connectivity index (χ1v) is 7.93. The maximum Gasteiger partial charge on any atom is 0.326 e. The minimum atomic E-state index is -0.336. The van der Waals surface area contributed by atoms with Crippen molar-refractivity contribution in [3.63, 3.8) is 0 Å². The van der Waals surface area contributed by atoms with Crippen LogP contribution in [-0.4, -0.2) is 58.9 Å². The summed E-state index contributed by atoms with van der Waals surface area (Å²) in [7, 11) is 1.85. The fourth-order valence-electron chi connectivity index (χ4n) is 3.40. The van der Waals surface area contributed by atoms with Crippen LogP contribution in [0.1, 0.15) is 18.9 Å². The normalized spacial score (nSPS) is 18.8. The van der Waals surface area contributed by atoms with E-state index in [0.29, 0.717) is 13.1 Å². The number of aliphatic hydroxyl groups excluding tert-OH is 1. The number of likely N-dealkylation sites (tertiary alicyclic amines) is 1. The Kier molecular flexibility index (Phi) is 4.61. The molecule has 6 nitrogen and oxygen atoms in total. The molecule has 1 aromatic carbocycles. The van der Waals surface area contributed by atoms with Crippen molar-refractivity contribution in [3.05, 3.63) is 34.7 Å². The molecule has 6 heteroatoms. The van der Waals surface area contributed by atoms with E-state index in [1.54, 1.807) is 0 Å². The zero-order chi connectivity index (χ0) is 15.5. The van der Waals surface area contributed by atoms with E-state index in [9.17, 15) is 9.90 Å². The lowest BCUT2D eigenvalue weighted by Gasteiger charge is -2.33. The van der Waals surface area contributed by atoms with E-state index in [2.05, 4.69) is 15.2 Å². The highest BCUT2D eigenvalue weighted by Gasteiger charge is 2.24. The number of fused-ring (bicyclic) bond motifs is 1. The van der Waals surface area contributed by atoms with Crippen LogP contribution in [0.4, 0.5) is 0 Å². The summed E-state index contributed by atoms with van der Waals surface area (Å²) in [5.74, 6) is 0. The second kappa shape index (κ2) is 6.64. The Labute approximate surface area is 129 Å². The van der Waals surface area contributed by atoms with E-state index >= 15 is 0 Å². The Morgan fingerprint density at radius 1 is 1.36 bits per heavy atom. The van der Waals surface area contributed by atoms with E-state index in [-0.39, 0.29) is 17.8 Å². The molecule has 2 aromatic rings. The highest BCUT2D eigenvalue weighted by Crippen LogP contribution is 2.24. The molecule has 120 valence electrons. The standard InChI is InChI=1S/C16H24N4O2/c1-17-10-13(21)11-19-8-6-12(7-9-19)20-15-5-3-2-4-14(15)18-16(20)22/h2-5,12-13,17,21H,6-11H2,1H3,(H,18,22). The predicted molar refractivity (Wildman–Crippen MR) is 87.2 cm³/mol. The van der Waals surface area contributed by atoms with Crippen LogP contribution >= 0.6 is 0 Å². The maximum atomic E-state index is 12.2. The molecule has 0 aliphatic carbocycles. The third-order valence-corrected chi connectivity index (χ3v) is 4.45. The Balaban J connectivity index is 1.68. The number of aromatic nitrogens is 2. The second-order valence-electron chi connectivity index (χ2n) is 6.06. The number of nitrogens with zero attached hydrogens (tertiary/aromatic N) is 2. The highest BCUT2D eigenvalue weighted by molar-refractivity contribution is 5.75. The summed E-state index contributed by atoms with van der Waals surface area (Å²) < 4.78 is 1.90. The number of nitrogens with one attached hydrogen (secondary N) is 2. The molecule has 1 aromatic heterocycles. The number of imidazole rings is 1. The molecule has 1 aliphatic heterocycles. The quantitative estimate of drug-likeness (QED) is 0.754. The van der Waals surface area contributed by atoms with Gasteiger partial charge in [0, 0.05) is 32.2 Å². The third-order valence-electron chi connectivity index (χ3n) is 4.45. The van der Waals surface area contributed by atoms with Gasteiger partial charge < -0.3 is 20.3 Å². The molecule has 1 saturated heterocycles. The van der Waals surface area contributed by atoms with Crippen molar-refractivity contribution < 1.29 is 5.11 Å². The van der Waals surface area contributed by atoms with Gasteiger partial charge >= 0.3 is 5.69 Å². The van der Waals surface area contributed by atoms with Gasteiger partial charge in [0.05, 0.1) is 17.1 Å². The van der Waals surface area contributed by atoms with E-state index < -0.39 is 0 Å². The van der Waals surface area contributed by atoms with Gasteiger partial charge in [-0.2, -0.15) is 0 Å². The molecule has 0 bridgehead atoms. The second-order valence-corrected chi connectivity index (χ2v) is 6.06. The smallest absolute Gasteiger partial charge is 0.326 e. The number of piperidine rings is 1. The molecule has 3 rings (SSSR count). The van der Waals surface area contributed by atoms with Crippen molar-refractivity contribution in [3.8, 4) is 0 Å². The summed E-state index contributed by atoms with van der Waals surface area (Å²) in [6, 6.07) is 8.08. The van der Waals surface area contributed by atoms with Crippen LogP contribution in [0.5, 0.6) is 0 Å². The molecule has 0 saturated carbocycles. The van der Waals surface area contributed by atoms with Crippen LogP contribution in [0, 0.1) is 0 Å². The van der Waals surface area contributed by atoms with E-state index in [0.717, 1.165) is 37.0 Å². The first-order chi connectivity index (χ1) is 10.7. The summed E-state index contributed by atoms with van der Waals surface area (Å²) in [6.45, 7) is 3.13. The van der Waals surface area contributed by atoms with Crippen LogP contribution in [-0.2, 0) is 0 Å². The number of β-amino-alcohol motifs (C(OH)–C–C–N with tert-alkyl or cyclic N) is 1. The van der Waals surface area contributed by atoms with E-state index in [4.69, 9.17) is 0 Å². The number of aromatic amines is 1. The number of hydrogen-bond donors (Lipinski definition) is 3. The topological polar surface area (TPSA) is 73.3 Å². The maximum absolute atomic E-state index is 12.2. The summed E-state index contributed by atoms with van der Waals surface area (Å²) in [5.41, 5.74) is 1.87. The SMILES string of the molecule is CNCC(O)CN1CCC(n2c(=O)[nH]c3ccccc32)CC1. The largest absolute Gasteiger partial charge is 0.390 e. The fraction of sp³-hybridized carbons (Fsp3) is 0.562. The summed E-state index contributed by atoms with van der Waals surface area (Å²) in [4.78, 5) is 17.4. The van der Waals surface area contributed by atoms with Crippen LogP contribution in [0.25, 0.3) is 11.0 Å².